The fraction of sp³-hybridized carbons (Fsp3) is 0.364. The van der Waals surface area contributed by atoms with Gasteiger partial charge in [-0.2, -0.15) is 0 Å². The van der Waals surface area contributed by atoms with E-state index in [2.05, 4.69) is 15.9 Å². The van der Waals surface area contributed by atoms with Gasteiger partial charge >= 0.3 is 5.97 Å². The molecule has 0 radical (unpaired) electrons. The molecule has 5 nitrogen and oxygen atoms in total. The minimum absolute atomic E-state index is 0.0573. The number of carbonyl (C=O) groups is 1. The molecule has 1 N–H and O–H groups in total. The number of hydrogen-bond acceptors (Lipinski definition) is 4. The van der Waals surface area contributed by atoms with Crippen LogP contribution in [0.5, 0.6) is 0 Å². The van der Waals surface area contributed by atoms with Crippen molar-refractivity contribution in [2.75, 3.05) is 30.5 Å². The summed E-state index contributed by atoms with van der Waals surface area (Å²) in [6, 6.07) is 4.79. The SMILES string of the molecule is CN(CCS(C)(=O)=O)c1ccc(C(=O)O)c(Br)c1. The van der Waals surface area contributed by atoms with Crippen LogP contribution in [0.2, 0.25) is 0 Å². The number of benzene rings is 1. The van der Waals surface area contributed by atoms with E-state index in [1.54, 1.807) is 24.1 Å². The van der Waals surface area contributed by atoms with E-state index in [9.17, 15) is 13.2 Å². The molecule has 0 heterocycles. The number of halogens is 1. The molecule has 18 heavy (non-hydrogen) atoms. The highest BCUT2D eigenvalue weighted by Gasteiger charge is 2.11. The van der Waals surface area contributed by atoms with E-state index in [0.29, 0.717) is 11.0 Å². The van der Waals surface area contributed by atoms with Crippen molar-refractivity contribution < 1.29 is 18.3 Å². The van der Waals surface area contributed by atoms with Crippen LogP contribution < -0.4 is 4.90 Å². The summed E-state index contributed by atoms with van der Waals surface area (Å²) < 4.78 is 22.6. The molecule has 0 amide bonds. The van der Waals surface area contributed by atoms with Gasteiger partial charge in [-0.1, -0.05) is 0 Å². The van der Waals surface area contributed by atoms with Crippen LogP contribution in [0, 0.1) is 0 Å². The Labute approximate surface area is 114 Å². The molecule has 7 heteroatoms. The lowest BCUT2D eigenvalue weighted by molar-refractivity contribution is 0.0696. The van der Waals surface area contributed by atoms with Crippen LogP contribution in [0.4, 0.5) is 5.69 Å². The van der Waals surface area contributed by atoms with Gasteiger partial charge < -0.3 is 10.0 Å². The summed E-state index contributed by atoms with van der Waals surface area (Å²) in [6.45, 7) is 0.359. The largest absolute Gasteiger partial charge is 0.478 e. The van der Waals surface area contributed by atoms with Gasteiger partial charge in [0.1, 0.15) is 9.84 Å². The van der Waals surface area contributed by atoms with Crippen LogP contribution in [0.25, 0.3) is 0 Å². The summed E-state index contributed by atoms with van der Waals surface area (Å²) >= 11 is 3.18. The molecule has 0 spiro atoms. The van der Waals surface area contributed by atoms with Crippen molar-refractivity contribution in [3.63, 3.8) is 0 Å². The Hall–Kier alpha value is -1.08. The van der Waals surface area contributed by atoms with Crippen molar-refractivity contribution in [1.29, 1.82) is 0 Å². The number of anilines is 1. The van der Waals surface area contributed by atoms with E-state index in [-0.39, 0.29) is 11.3 Å². The first kappa shape index (κ1) is 15.0. The first-order chi connectivity index (χ1) is 8.20. The van der Waals surface area contributed by atoms with Gasteiger partial charge in [-0.25, -0.2) is 13.2 Å². The molecule has 0 saturated carbocycles. The molecule has 1 aromatic rings. The Kier molecular flexibility index (Phi) is 4.75. The van der Waals surface area contributed by atoms with Crippen molar-refractivity contribution in [3.8, 4) is 0 Å². The van der Waals surface area contributed by atoms with Crippen LogP contribution in [0.1, 0.15) is 10.4 Å². The zero-order chi connectivity index (χ0) is 13.9. The predicted molar refractivity (Wildman–Crippen MR) is 74.1 cm³/mol. The normalized spacial score (nSPS) is 11.3. The maximum absolute atomic E-state index is 11.1. The second kappa shape index (κ2) is 5.71. The lowest BCUT2D eigenvalue weighted by atomic mass is 10.2. The first-order valence-corrected chi connectivity index (χ1v) is 7.98. The second-order valence-corrected chi connectivity index (χ2v) is 7.13. The molecule has 0 bridgehead atoms. The summed E-state index contributed by atoms with van der Waals surface area (Å²) in [5, 5.41) is 8.88. The van der Waals surface area contributed by atoms with Gasteiger partial charge in [-0.05, 0) is 34.1 Å². The van der Waals surface area contributed by atoms with Crippen LogP contribution in [0.15, 0.2) is 22.7 Å². The number of sulfone groups is 1. The van der Waals surface area contributed by atoms with E-state index < -0.39 is 15.8 Å². The predicted octanol–water partition coefficient (Wildman–Crippen LogP) is 1.63. The minimum Gasteiger partial charge on any atom is -0.478 e. The average molecular weight is 336 g/mol. The smallest absolute Gasteiger partial charge is 0.336 e. The van der Waals surface area contributed by atoms with Gasteiger partial charge in [-0.15, -0.1) is 0 Å². The van der Waals surface area contributed by atoms with E-state index >= 15 is 0 Å². The number of nitrogens with zero attached hydrogens (tertiary/aromatic N) is 1. The lowest BCUT2D eigenvalue weighted by Crippen LogP contribution is -2.24. The third-order valence-electron chi connectivity index (χ3n) is 2.42. The van der Waals surface area contributed by atoms with Gasteiger partial charge in [0.05, 0.1) is 11.3 Å². The van der Waals surface area contributed by atoms with Crippen molar-refractivity contribution in [1.82, 2.24) is 0 Å². The molecule has 0 aliphatic heterocycles. The van der Waals surface area contributed by atoms with Crippen molar-refractivity contribution in [3.05, 3.63) is 28.2 Å². The fourth-order valence-electron chi connectivity index (χ4n) is 1.35. The monoisotopic (exact) mass is 335 g/mol. The molecule has 0 aliphatic carbocycles. The average Bonchev–Trinajstić information content (AvgIpc) is 2.24. The molecular formula is C11H14BrNO4S. The molecule has 0 unspecified atom stereocenters. The van der Waals surface area contributed by atoms with E-state index in [1.807, 2.05) is 0 Å². The quantitative estimate of drug-likeness (QED) is 0.885. The number of aromatic carboxylic acids is 1. The summed E-state index contributed by atoms with van der Waals surface area (Å²) in [6.07, 6.45) is 1.18. The van der Waals surface area contributed by atoms with E-state index in [1.165, 1.54) is 12.3 Å². The van der Waals surface area contributed by atoms with Crippen molar-refractivity contribution >= 4 is 37.4 Å². The Balaban J connectivity index is 2.85. The standard InChI is InChI=1S/C11H14BrNO4S/c1-13(5-6-18(2,16)17)8-3-4-9(11(14)15)10(12)7-8/h3-4,7H,5-6H2,1-2H3,(H,14,15). The highest BCUT2D eigenvalue weighted by atomic mass is 79.9. The Morgan fingerprint density at radius 2 is 2.06 bits per heavy atom. The molecular weight excluding hydrogens is 322 g/mol. The second-order valence-electron chi connectivity index (χ2n) is 4.02. The minimum atomic E-state index is -3.01. The van der Waals surface area contributed by atoms with Crippen molar-refractivity contribution in [2.24, 2.45) is 0 Å². The highest BCUT2D eigenvalue weighted by molar-refractivity contribution is 9.10. The Morgan fingerprint density at radius 1 is 1.44 bits per heavy atom. The van der Waals surface area contributed by atoms with Gasteiger partial charge in [0, 0.05) is 30.0 Å². The van der Waals surface area contributed by atoms with Gasteiger partial charge in [0.15, 0.2) is 0 Å². The maximum atomic E-state index is 11.1. The van der Waals surface area contributed by atoms with E-state index in [0.717, 1.165) is 5.69 Å². The van der Waals surface area contributed by atoms with Gasteiger partial charge in [0.25, 0.3) is 0 Å². The number of hydrogen-bond donors (Lipinski definition) is 1. The summed E-state index contributed by atoms with van der Waals surface area (Å²) in [5.74, 6) is -0.950. The first-order valence-electron chi connectivity index (χ1n) is 5.12. The molecule has 0 fully saturated rings. The third-order valence-corrected chi connectivity index (χ3v) is 4.00. The van der Waals surface area contributed by atoms with Crippen LogP contribution >= 0.6 is 15.9 Å². The van der Waals surface area contributed by atoms with Crippen LogP contribution in [-0.2, 0) is 9.84 Å². The lowest BCUT2D eigenvalue weighted by Gasteiger charge is -2.19. The Morgan fingerprint density at radius 3 is 2.50 bits per heavy atom. The number of carboxylic acid groups (broad SMARTS) is 1. The molecule has 0 saturated heterocycles. The summed E-state index contributed by atoms with van der Waals surface area (Å²) in [5.41, 5.74) is 0.936. The number of rotatable bonds is 5. The highest BCUT2D eigenvalue weighted by Crippen LogP contribution is 2.23. The van der Waals surface area contributed by atoms with Gasteiger partial charge in [0.2, 0.25) is 0 Å². The third kappa shape index (κ3) is 4.30. The summed E-state index contributed by atoms with van der Waals surface area (Å²) in [7, 11) is -1.25. The molecule has 1 aromatic carbocycles. The molecule has 0 aromatic heterocycles. The van der Waals surface area contributed by atoms with Crippen molar-refractivity contribution in [2.45, 2.75) is 0 Å². The topological polar surface area (TPSA) is 74.7 Å². The molecule has 0 aliphatic rings. The molecule has 100 valence electrons. The summed E-state index contributed by atoms with van der Waals surface area (Å²) in [4.78, 5) is 12.6. The van der Waals surface area contributed by atoms with Gasteiger partial charge in [-0.3, -0.25) is 0 Å². The van der Waals surface area contributed by atoms with E-state index in [4.69, 9.17) is 5.11 Å². The Bertz CT molecular complexity index is 556. The maximum Gasteiger partial charge on any atom is 0.336 e. The number of carboxylic acids is 1. The van der Waals surface area contributed by atoms with Crippen LogP contribution in [-0.4, -0.2) is 45.1 Å². The molecule has 1 rings (SSSR count). The zero-order valence-electron chi connectivity index (χ0n) is 10.1. The fourth-order valence-corrected chi connectivity index (χ4v) is 2.49. The zero-order valence-corrected chi connectivity index (χ0v) is 12.5. The van der Waals surface area contributed by atoms with Crippen LogP contribution in [0.3, 0.4) is 0 Å². The molecule has 0 atom stereocenters.